The van der Waals surface area contributed by atoms with E-state index in [1.54, 1.807) is 0 Å². The minimum absolute atomic E-state index is 0.846. The fraction of sp³-hybridized carbons (Fsp3) is 1.00. The third-order valence-electron chi connectivity index (χ3n) is 3.82. The standard InChI is InChI=1S/C15H31N/c1-2-3-4-5-8-11-14-16-15-12-9-6-7-10-13-15/h15-16H,2-14H2,1H3. The molecule has 1 rings (SSSR count). The summed E-state index contributed by atoms with van der Waals surface area (Å²) in [6.45, 7) is 3.55. The second-order valence-electron chi connectivity index (χ2n) is 5.41. The van der Waals surface area contributed by atoms with Gasteiger partial charge in [0.25, 0.3) is 0 Å². The zero-order valence-electron chi connectivity index (χ0n) is 11.3. The van der Waals surface area contributed by atoms with Crippen LogP contribution in [0.5, 0.6) is 0 Å². The van der Waals surface area contributed by atoms with E-state index in [2.05, 4.69) is 12.2 Å². The highest BCUT2D eigenvalue weighted by molar-refractivity contribution is 4.70. The topological polar surface area (TPSA) is 12.0 Å². The van der Waals surface area contributed by atoms with Gasteiger partial charge in [-0.25, -0.2) is 0 Å². The van der Waals surface area contributed by atoms with Crippen LogP contribution in [0.4, 0.5) is 0 Å². The molecule has 1 heteroatoms. The molecule has 16 heavy (non-hydrogen) atoms. The van der Waals surface area contributed by atoms with Gasteiger partial charge in [0.1, 0.15) is 0 Å². The second kappa shape index (κ2) is 10.1. The SMILES string of the molecule is CCCCCCCCNC1CCCCCC1. The molecule has 0 aromatic heterocycles. The summed E-state index contributed by atoms with van der Waals surface area (Å²) in [5.74, 6) is 0. The van der Waals surface area contributed by atoms with Crippen LogP contribution in [-0.2, 0) is 0 Å². The quantitative estimate of drug-likeness (QED) is 0.468. The predicted molar refractivity (Wildman–Crippen MR) is 72.9 cm³/mol. The normalized spacial score (nSPS) is 18.6. The fourth-order valence-electron chi connectivity index (χ4n) is 2.70. The molecule has 0 spiro atoms. The van der Waals surface area contributed by atoms with E-state index in [0.717, 1.165) is 6.04 Å². The number of hydrogen-bond acceptors (Lipinski definition) is 1. The molecule has 1 N–H and O–H groups in total. The molecule has 1 saturated carbocycles. The molecular weight excluding hydrogens is 194 g/mol. The van der Waals surface area contributed by atoms with Crippen molar-refractivity contribution in [2.24, 2.45) is 0 Å². The van der Waals surface area contributed by atoms with Crippen LogP contribution in [0.2, 0.25) is 0 Å². The zero-order valence-corrected chi connectivity index (χ0v) is 11.3. The summed E-state index contributed by atoms with van der Waals surface area (Å²) >= 11 is 0. The van der Waals surface area contributed by atoms with Gasteiger partial charge in [-0.1, -0.05) is 64.7 Å². The van der Waals surface area contributed by atoms with E-state index in [1.807, 2.05) is 0 Å². The van der Waals surface area contributed by atoms with Crippen molar-refractivity contribution in [3.8, 4) is 0 Å². The molecule has 0 aromatic rings. The van der Waals surface area contributed by atoms with E-state index in [4.69, 9.17) is 0 Å². The van der Waals surface area contributed by atoms with Crippen LogP contribution in [0, 0.1) is 0 Å². The number of hydrogen-bond donors (Lipinski definition) is 1. The molecule has 1 fully saturated rings. The maximum Gasteiger partial charge on any atom is 0.00670 e. The number of unbranched alkanes of at least 4 members (excludes halogenated alkanes) is 5. The molecule has 1 aliphatic carbocycles. The van der Waals surface area contributed by atoms with Gasteiger partial charge in [-0.3, -0.25) is 0 Å². The Hall–Kier alpha value is -0.0400. The Morgan fingerprint density at radius 3 is 2.12 bits per heavy atom. The van der Waals surface area contributed by atoms with Crippen molar-refractivity contribution in [3.63, 3.8) is 0 Å². The average Bonchev–Trinajstić information content (AvgIpc) is 2.56. The molecule has 0 radical (unpaired) electrons. The minimum atomic E-state index is 0.846. The molecule has 0 bridgehead atoms. The minimum Gasteiger partial charge on any atom is -0.314 e. The van der Waals surface area contributed by atoms with Gasteiger partial charge in [0.05, 0.1) is 0 Å². The Morgan fingerprint density at radius 1 is 0.812 bits per heavy atom. The summed E-state index contributed by atoms with van der Waals surface area (Å²) in [6, 6.07) is 0.846. The highest BCUT2D eigenvalue weighted by atomic mass is 14.9. The van der Waals surface area contributed by atoms with E-state index in [0.29, 0.717) is 0 Å². The molecule has 0 unspecified atom stereocenters. The third-order valence-corrected chi connectivity index (χ3v) is 3.82. The van der Waals surface area contributed by atoms with Crippen LogP contribution in [0.1, 0.15) is 84.0 Å². The number of nitrogens with one attached hydrogen (secondary N) is 1. The van der Waals surface area contributed by atoms with Crippen molar-refractivity contribution < 1.29 is 0 Å². The Bertz CT molecular complexity index is 136. The summed E-state index contributed by atoms with van der Waals surface area (Å²) < 4.78 is 0. The first-order valence-corrected chi connectivity index (χ1v) is 7.67. The lowest BCUT2D eigenvalue weighted by Crippen LogP contribution is -2.29. The lowest BCUT2D eigenvalue weighted by Gasteiger charge is -2.15. The van der Waals surface area contributed by atoms with E-state index in [9.17, 15) is 0 Å². The van der Waals surface area contributed by atoms with E-state index >= 15 is 0 Å². The molecule has 1 nitrogen and oxygen atoms in total. The van der Waals surface area contributed by atoms with Crippen molar-refractivity contribution in [2.75, 3.05) is 6.54 Å². The van der Waals surface area contributed by atoms with Gasteiger partial charge in [0.15, 0.2) is 0 Å². The van der Waals surface area contributed by atoms with Crippen LogP contribution >= 0.6 is 0 Å². The smallest absolute Gasteiger partial charge is 0.00670 e. The van der Waals surface area contributed by atoms with Gasteiger partial charge in [-0.15, -0.1) is 0 Å². The Morgan fingerprint density at radius 2 is 1.44 bits per heavy atom. The van der Waals surface area contributed by atoms with Crippen molar-refractivity contribution in [3.05, 3.63) is 0 Å². The van der Waals surface area contributed by atoms with E-state index in [-0.39, 0.29) is 0 Å². The average molecular weight is 225 g/mol. The van der Waals surface area contributed by atoms with Crippen molar-refractivity contribution >= 4 is 0 Å². The van der Waals surface area contributed by atoms with Crippen molar-refractivity contribution in [1.82, 2.24) is 5.32 Å². The Balaban J connectivity index is 1.86. The van der Waals surface area contributed by atoms with Crippen LogP contribution in [-0.4, -0.2) is 12.6 Å². The molecule has 0 atom stereocenters. The monoisotopic (exact) mass is 225 g/mol. The predicted octanol–water partition coefficient (Wildman–Crippen LogP) is 4.66. The van der Waals surface area contributed by atoms with Gasteiger partial charge in [0, 0.05) is 6.04 Å². The van der Waals surface area contributed by atoms with E-state index in [1.165, 1.54) is 83.6 Å². The van der Waals surface area contributed by atoms with Gasteiger partial charge in [-0.2, -0.15) is 0 Å². The van der Waals surface area contributed by atoms with Gasteiger partial charge < -0.3 is 5.32 Å². The summed E-state index contributed by atoms with van der Waals surface area (Å²) in [5.41, 5.74) is 0. The van der Waals surface area contributed by atoms with Crippen LogP contribution in [0.3, 0.4) is 0 Å². The molecule has 0 amide bonds. The largest absolute Gasteiger partial charge is 0.314 e. The van der Waals surface area contributed by atoms with Crippen LogP contribution in [0.25, 0.3) is 0 Å². The summed E-state index contributed by atoms with van der Waals surface area (Å²) in [4.78, 5) is 0. The summed E-state index contributed by atoms with van der Waals surface area (Å²) in [7, 11) is 0. The lowest BCUT2D eigenvalue weighted by molar-refractivity contribution is 0.447. The first-order chi connectivity index (χ1) is 7.93. The molecule has 96 valence electrons. The molecular formula is C15H31N. The maximum atomic E-state index is 3.75. The zero-order chi connectivity index (χ0) is 11.5. The van der Waals surface area contributed by atoms with Crippen LogP contribution in [0.15, 0.2) is 0 Å². The Labute approximate surface area is 102 Å². The molecule has 1 aliphatic rings. The number of rotatable bonds is 8. The van der Waals surface area contributed by atoms with Crippen molar-refractivity contribution in [2.45, 2.75) is 90.0 Å². The fourth-order valence-corrected chi connectivity index (χ4v) is 2.70. The maximum absolute atomic E-state index is 3.75. The molecule has 0 heterocycles. The van der Waals surface area contributed by atoms with Gasteiger partial charge in [-0.05, 0) is 25.8 Å². The second-order valence-corrected chi connectivity index (χ2v) is 5.41. The van der Waals surface area contributed by atoms with E-state index < -0.39 is 0 Å². The van der Waals surface area contributed by atoms with Gasteiger partial charge in [0.2, 0.25) is 0 Å². The summed E-state index contributed by atoms with van der Waals surface area (Å²) in [5, 5.41) is 3.75. The third kappa shape index (κ3) is 7.27. The first kappa shape index (κ1) is 14.0. The van der Waals surface area contributed by atoms with Gasteiger partial charge >= 0.3 is 0 Å². The van der Waals surface area contributed by atoms with Crippen molar-refractivity contribution in [1.29, 1.82) is 0 Å². The highest BCUT2D eigenvalue weighted by Gasteiger charge is 2.10. The first-order valence-electron chi connectivity index (χ1n) is 7.67. The summed E-state index contributed by atoms with van der Waals surface area (Å²) in [6.07, 6.45) is 17.2. The highest BCUT2D eigenvalue weighted by Crippen LogP contribution is 2.17. The Kier molecular flexibility index (Phi) is 8.88. The lowest BCUT2D eigenvalue weighted by atomic mass is 10.1. The molecule has 0 aromatic carbocycles. The molecule has 0 saturated heterocycles. The van der Waals surface area contributed by atoms with Crippen LogP contribution < -0.4 is 5.32 Å². The molecule has 0 aliphatic heterocycles.